The molecule has 5 nitrogen and oxygen atoms in total. The number of hydrogen-bond donors (Lipinski definition) is 5. The number of hydrogen-bond acceptors (Lipinski definition) is 5. The standard InChI is InChI=1S/C17H31N5.2ClH.Mn/c1-2-4-16(5-3-1)14-17-15-21-11-10-19-7-6-18-8-9-20-12-13-22-17;;;/h1-5,17-22H,6-15H2;2*1H;/q;;;+2/p-2. The molecule has 0 saturated carbocycles. The van der Waals surface area contributed by atoms with Crippen LogP contribution in [0.25, 0.3) is 0 Å². The zero-order chi connectivity index (χ0) is 18.0. The van der Waals surface area contributed by atoms with Gasteiger partial charge in [0.25, 0.3) is 0 Å². The monoisotopic (exact) mass is 430 g/mol. The summed E-state index contributed by atoms with van der Waals surface area (Å²) < 4.78 is 0. The van der Waals surface area contributed by atoms with Gasteiger partial charge in [0.1, 0.15) is 0 Å². The normalized spacial score (nSPS) is 21.3. The van der Waals surface area contributed by atoms with Crippen molar-refractivity contribution in [2.75, 3.05) is 58.9 Å². The van der Waals surface area contributed by atoms with Crippen LogP contribution in [-0.4, -0.2) is 64.9 Å². The molecule has 145 valence electrons. The molecule has 1 unspecified atom stereocenters. The predicted molar refractivity (Wildman–Crippen MR) is 105 cm³/mol. The summed E-state index contributed by atoms with van der Waals surface area (Å²) in [6.07, 6.45) is 1.07. The SMILES string of the molecule is [Cl][Mn][Cl].c1ccc(CC2CNCCNCCNCCNCCN2)cc1. The van der Waals surface area contributed by atoms with Gasteiger partial charge in [0, 0.05) is 64.9 Å². The maximum Gasteiger partial charge on any atom is 0.0233 e. The Bertz CT molecular complexity index is 384. The third-order valence-corrected chi connectivity index (χ3v) is 3.89. The van der Waals surface area contributed by atoms with Gasteiger partial charge in [0.15, 0.2) is 0 Å². The molecule has 0 aromatic heterocycles. The summed E-state index contributed by atoms with van der Waals surface area (Å²) in [4.78, 5) is 0. The molecule has 1 fully saturated rings. The van der Waals surface area contributed by atoms with Crippen LogP contribution in [0.1, 0.15) is 5.56 Å². The minimum atomic E-state index is 0.00694. The van der Waals surface area contributed by atoms with E-state index in [1.54, 1.807) is 0 Å². The van der Waals surface area contributed by atoms with Crippen LogP contribution in [-0.2, 0) is 19.6 Å². The van der Waals surface area contributed by atoms with E-state index < -0.39 is 0 Å². The molecule has 1 saturated heterocycles. The molecule has 0 bridgehead atoms. The molecule has 0 radical (unpaired) electrons. The Kier molecular flexibility index (Phi) is 16.2. The molecule has 25 heavy (non-hydrogen) atoms. The van der Waals surface area contributed by atoms with Crippen LogP contribution in [0.5, 0.6) is 0 Å². The quantitative estimate of drug-likeness (QED) is 0.452. The van der Waals surface area contributed by atoms with E-state index in [1.807, 2.05) is 0 Å². The Labute approximate surface area is 167 Å². The maximum atomic E-state index is 4.80. The average Bonchev–Trinajstić information content (AvgIpc) is 2.63. The largest absolute Gasteiger partial charge is 0.314 e. The molecular formula is C17H31Cl2MnN5. The molecule has 0 amide bonds. The fraction of sp³-hybridized carbons (Fsp3) is 0.647. The number of rotatable bonds is 2. The van der Waals surface area contributed by atoms with E-state index in [-0.39, 0.29) is 13.1 Å². The summed E-state index contributed by atoms with van der Waals surface area (Å²) in [7, 11) is 9.59. The first-order valence-corrected chi connectivity index (χ1v) is 12.1. The molecule has 1 atom stereocenters. The minimum absolute atomic E-state index is 0.00694. The maximum absolute atomic E-state index is 4.80. The second kappa shape index (κ2) is 17.5. The van der Waals surface area contributed by atoms with Crippen molar-refractivity contribution in [3.63, 3.8) is 0 Å². The molecule has 1 aliphatic heterocycles. The van der Waals surface area contributed by atoms with Gasteiger partial charge in [-0.25, -0.2) is 0 Å². The van der Waals surface area contributed by atoms with Crippen molar-refractivity contribution in [1.29, 1.82) is 0 Å². The van der Waals surface area contributed by atoms with Gasteiger partial charge >= 0.3 is 33.3 Å². The first-order valence-electron chi connectivity index (χ1n) is 8.84. The first kappa shape index (κ1) is 23.2. The molecule has 5 N–H and O–H groups in total. The Hall–Kier alpha value is 0.119. The molecule has 8 heteroatoms. The Morgan fingerprint density at radius 2 is 1.24 bits per heavy atom. The van der Waals surface area contributed by atoms with Gasteiger partial charge in [-0.3, -0.25) is 0 Å². The molecule has 0 aliphatic carbocycles. The van der Waals surface area contributed by atoms with Crippen molar-refractivity contribution in [1.82, 2.24) is 26.6 Å². The first-order chi connectivity index (χ1) is 12.4. The van der Waals surface area contributed by atoms with E-state index in [0.717, 1.165) is 65.3 Å². The van der Waals surface area contributed by atoms with Crippen molar-refractivity contribution >= 4 is 20.2 Å². The molecule has 1 aliphatic rings. The van der Waals surface area contributed by atoms with Gasteiger partial charge in [-0.1, -0.05) is 30.3 Å². The van der Waals surface area contributed by atoms with Gasteiger partial charge < -0.3 is 26.6 Å². The minimum Gasteiger partial charge on any atom is -0.314 e. The second-order valence-corrected chi connectivity index (χ2v) is 7.80. The summed E-state index contributed by atoms with van der Waals surface area (Å²) in [5.41, 5.74) is 1.40. The third-order valence-electron chi connectivity index (χ3n) is 3.89. The summed E-state index contributed by atoms with van der Waals surface area (Å²) in [5.74, 6) is 0. The number of benzene rings is 1. The summed E-state index contributed by atoms with van der Waals surface area (Å²) in [5, 5.41) is 17.6. The van der Waals surface area contributed by atoms with Gasteiger partial charge in [0.05, 0.1) is 0 Å². The molecule has 1 heterocycles. The van der Waals surface area contributed by atoms with Gasteiger partial charge in [0.2, 0.25) is 0 Å². The van der Waals surface area contributed by atoms with Crippen molar-refractivity contribution in [2.24, 2.45) is 0 Å². The van der Waals surface area contributed by atoms with Crippen LogP contribution in [0.3, 0.4) is 0 Å². The van der Waals surface area contributed by atoms with Crippen molar-refractivity contribution < 1.29 is 13.1 Å². The Morgan fingerprint density at radius 3 is 1.80 bits per heavy atom. The second-order valence-electron chi connectivity index (χ2n) is 5.85. The molecule has 0 spiro atoms. The van der Waals surface area contributed by atoms with Crippen molar-refractivity contribution in [3.05, 3.63) is 35.9 Å². The zero-order valence-corrected chi connectivity index (χ0v) is 17.4. The molecule has 2 rings (SSSR count). The van der Waals surface area contributed by atoms with E-state index in [4.69, 9.17) is 20.2 Å². The molecule has 1 aromatic carbocycles. The zero-order valence-electron chi connectivity index (χ0n) is 14.7. The average molecular weight is 431 g/mol. The van der Waals surface area contributed by atoms with Crippen LogP contribution in [0.15, 0.2) is 30.3 Å². The molecular weight excluding hydrogens is 400 g/mol. The van der Waals surface area contributed by atoms with E-state index in [0.29, 0.717) is 6.04 Å². The van der Waals surface area contributed by atoms with Crippen LogP contribution >= 0.6 is 20.2 Å². The Morgan fingerprint density at radius 1 is 0.760 bits per heavy atom. The van der Waals surface area contributed by atoms with E-state index in [2.05, 4.69) is 56.9 Å². The van der Waals surface area contributed by atoms with E-state index in [1.165, 1.54) is 5.56 Å². The van der Waals surface area contributed by atoms with E-state index >= 15 is 0 Å². The van der Waals surface area contributed by atoms with Gasteiger partial charge in [-0.2, -0.15) is 0 Å². The van der Waals surface area contributed by atoms with Crippen LogP contribution in [0.2, 0.25) is 0 Å². The van der Waals surface area contributed by atoms with Crippen LogP contribution in [0, 0.1) is 0 Å². The van der Waals surface area contributed by atoms with Crippen LogP contribution < -0.4 is 26.6 Å². The topological polar surface area (TPSA) is 60.1 Å². The van der Waals surface area contributed by atoms with Crippen LogP contribution in [0.4, 0.5) is 0 Å². The van der Waals surface area contributed by atoms with Crippen molar-refractivity contribution in [3.8, 4) is 0 Å². The Balaban J connectivity index is 0.000000970. The summed E-state index contributed by atoms with van der Waals surface area (Å²) in [6.45, 7) is 9.22. The van der Waals surface area contributed by atoms with E-state index in [9.17, 15) is 0 Å². The molecule has 1 aromatic rings. The fourth-order valence-electron chi connectivity index (χ4n) is 2.66. The smallest absolute Gasteiger partial charge is 0.0233 e. The van der Waals surface area contributed by atoms with Gasteiger partial charge in [-0.15, -0.1) is 0 Å². The fourth-order valence-corrected chi connectivity index (χ4v) is 2.66. The third kappa shape index (κ3) is 13.9. The number of nitrogens with one attached hydrogen (secondary N) is 5. The van der Waals surface area contributed by atoms with Crippen molar-refractivity contribution in [2.45, 2.75) is 12.5 Å². The predicted octanol–water partition coefficient (Wildman–Crippen LogP) is 0.936. The van der Waals surface area contributed by atoms with Gasteiger partial charge in [-0.05, 0) is 12.0 Å². The summed E-state index contributed by atoms with van der Waals surface area (Å²) >= 11 is 0.00694. The number of halogens is 2. The summed E-state index contributed by atoms with van der Waals surface area (Å²) in [6, 6.07) is 11.2.